The predicted octanol–water partition coefficient (Wildman–Crippen LogP) is 0.577. The molecule has 0 radical (unpaired) electrons. The highest BCUT2D eigenvalue weighted by atomic mass is 35.5. The zero-order valence-electron chi connectivity index (χ0n) is 18.6. The smallest absolute Gasteiger partial charge is 0.352 e. The number of thioether (sulfide) groups is 1. The number of hydrogen-bond donors (Lipinski definition) is 4. The van der Waals surface area contributed by atoms with Crippen molar-refractivity contribution in [3.05, 3.63) is 45.6 Å². The summed E-state index contributed by atoms with van der Waals surface area (Å²) in [6.45, 7) is 0. The van der Waals surface area contributed by atoms with Gasteiger partial charge in [0.2, 0.25) is 0 Å². The third-order valence-corrected chi connectivity index (χ3v) is 8.25. The average molecular weight is 582 g/mol. The van der Waals surface area contributed by atoms with Crippen LogP contribution < -0.4 is 11.1 Å². The van der Waals surface area contributed by atoms with Crippen LogP contribution in [0.15, 0.2) is 34.2 Å². The summed E-state index contributed by atoms with van der Waals surface area (Å²) in [6, 6.07) is 0.509. The molecule has 0 bridgehead atoms. The summed E-state index contributed by atoms with van der Waals surface area (Å²) in [7, 11) is 1.26. The number of oxime groups is 1. The van der Waals surface area contributed by atoms with Crippen molar-refractivity contribution in [3.63, 3.8) is 0 Å². The highest BCUT2D eigenvalue weighted by Gasteiger charge is 2.55. The van der Waals surface area contributed by atoms with E-state index in [-0.39, 0.29) is 38.9 Å². The molecule has 14 nitrogen and oxygen atoms in total. The number of nitrogen functional groups attached to an aromatic ring is 1. The second-order valence-electron chi connectivity index (χ2n) is 7.61. The van der Waals surface area contributed by atoms with E-state index in [4.69, 9.17) is 22.2 Å². The van der Waals surface area contributed by atoms with E-state index in [0.717, 1.165) is 16.2 Å². The standard InChI is InChI=1S/C19H16ClN9O5S3/c1-34-27-10(7-4-37-18(21)24-7)14(30)26-11-15(31)28-12(17(32)33)6(3-36-16(11)28)13(35)8-2-9(20)25-19-22-5-23-29(8)19/h2,4-5,11,13,16,35H,3H2,1H3,(H2,21,24)(H,26,30)(H,32,33)/t11-,13?,16-/m1/s1. The van der Waals surface area contributed by atoms with Gasteiger partial charge in [-0.1, -0.05) is 16.8 Å². The number of rotatable bonds is 7. The lowest BCUT2D eigenvalue weighted by Crippen LogP contribution is -2.71. The van der Waals surface area contributed by atoms with Gasteiger partial charge in [-0.25, -0.2) is 9.78 Å². The molecule has 1 unspecified atom stereocenters. The lowest BCUT2D eigenvalue weighted by atomic mass is 10.00. The molecule has 5 heterocycles. The maximum absolute atomic E-state index is 13.1. The van der Waals surface area contributed by atoms with Crippen molar-refractivity contribution < 1.29 is 24.3 Å². The Kier molecular flexibility index (Phi) is 6.69. The molecule has 2 amide bonds. The zero-order valence-corrected chi connectivity index (χ0v) is 21.9. The van der Waals surface area contributed by atoms with E-state index in [1.165, 1.54) is 41.2 Å². The maximum atomic E-state index is 13.1. The molecule has 3 aromatic rings. The van der Waals surface area contributed by atoms with Crippen LogP contribution in [0.5, 0.6) is 0 Å². The van der Waals surface area contributed by atoms with E-state index in [0.29, 0.717) is 11.3 Å². The molecule has 18 heteroatoms. The van der Waals surface area contributed by atoms with Crippen molar-refractivity contribution in [2.24, 2.45) is 5.16 Å². The van der Waals surface area contributed by atoms with E-state index < -0.39 is 34.4 Å². The quantitative estimate of drug-likeness (QED) is 0.100. The van der Waals surface area contributed by atoms with Crippen molar-refractivity contribution in [2.75, 3.05) is 18.6 Å². The Morgan fingerprint density at radius 1 is 1.43 bits per heavy atom. The Morgan fingerprint density at radius 3 is 2.89 bits per heavy atom. The third kappa shape index (κ3) is 4.36. The molecule has 2 aliphatic heterocycles. The van der Waals surface area contributed by atoms with E-state index in [1.807, 2.05) is 0 Å². The van der Waals surface area contributed by atoms with Crippen LogP contribution in [0.2, 0.25) is 5.15 Å². The molecule has 3 aromatic heterocycles. The van der Waals surface area contributed by atoms with Crippen LogP contribution in [0.3, 0.4) is 0 Å². The molecular weight excluding hydrogens is 566 g/mol. The van der Waals surface area contributed by atoms with Gasteiger partial charge in [0.1, 0.15) is 41.4 Å². The topological polar surface area (TPSA) is 190 Å². The Balaban J connectivity index is 1.42. The molecule has 0 aromatic carbocycles. The zero-order chi connectivity index (χ0) is 26.4. The summed E-state index contributed by atoms with van der Waals surface area (Å²) in [5.41, 5.74) is 6.23. The lowest BCUT2D eigenvalue weighted by molar-refractivity contribution is -0.150. The summed E-state index contributed by atoms with van der Waals surface area (Å²) < 4.78 is 1.40. The molecule has 2 aliphatic rings. The van der Waals surface area contributed by atoms with Gasteiger partial charge in [0.25, 0.3) is 17.6 Å². The number of halogens is 1. The fourth-order valence-corrected chi connectivity index (χ4v) is 6.58. The second kappa shape index (κ2) is 9.81. The summed E-state index contributed by atoms with van der Waals surface area (Å²) >= 11 is 13.1. The fraction of sp³-hybridized carbons (Fsp3) is 0.263. The van der Waals surface area contributed by atoms with Crippen molar-refractivity contribution >= 4 is 81.7 Å². The Labute approximate surface area is 226 Å². The normalized spacial score (nSPS) is 20.5. The molecule has 1 saturated heterocycles. The van der Waals surface area contributed by atoms with E-state index in [1.54, 1.807) is 0 Å². The number of nitrogens with two attached hydrogens (primary N) is 1. The summed E-state index contributed by atoms with van der Waals surface area (Å²) in [6.07, 6.45) is 1.29. The molecule has 192 valence electrons. The maximum Gasteiger partial charge on any atom is 0.352 e. The van der Waals surface area contributed by atoms with Crippen LogP contribution >= 0.6 is 47.3 Å². The van der Waals surface area contributed by atoms with E-state index in [2.05, 4.69) is 43.2 Å². The number of nitrogens with one attached hydrogen (secondary N) is 1. The largest absolute Gasteiger partial charge is 0.477 e. The first-order valence-electron chi connectivity index (χ1n) is 10.3. The van der Waals surface area contributed by atoms with Gasteiger partial charge >= 0.3 is 5.97 Å². The van der Waals surface area contributed by atoms with Crippen LogP contribution in [-0.2, 0) is 19.2 Å². The number of aromatic nitrogens is 5. The number of carboxylic acids is 1. The van der Waals surface area contributed by atoms with Gasteiger partial charge in [0.05, 0.1) is 10.9 Å². The molecule has 1 fully saturated rings. The monoisotopic (exact) mass is 581 g/mol. The third-order valence-electron chi connectivity index (χ3n) is 5.51. The number of anilines is 1. The minimum Gasteiger partial charge on any atom is -0.477 e. The van der Waals surface area contributed by atoms with Crippen LogP contribution in [-0.4, -0.2) is 82.3 Å². The van der Waals surface area contributed by atoms with Gasteiger partial charge in [0.15, 0.2) is 10.8 Å². The van der Waals surface area contributed by atoms with Crippen molar-refractivity contribution in [3.8, 4) is 0 Å². The number of carboxylic acid groups (broad SMARTS) is 1. The first-order valence-corrected chi connectivity index (χ1v) is 13.1. The molecule has 5 rings (SSSR count). The van der Waals surface area contributed by atoms with E-state index >= 15 is 0 Å². The highest BCUT2D eigenvalue weighted by molar-refractivity contribution is 8.00. The molecular formula is C19H16ClN9O5S3. The van der Waals surface area contributed by atoms with Crippen LogP contribution in [0.4, 0.5) is 5.13 Å². The number of carbonyl (C=O) groups excluding carboxylic acids is 2. The second-order valence-corrected chi connectivity index (χ2v) is 10.5. The molecule has 0 aliphatic carbocycles. The number of fused-ring (bicyclic) bond motifs is 2. The van der Waals surface area contributed by atoms with Gasteiger partial charge < -0.3 is 21.0 Å². The number of nitrogens with zero attached hydrogens (tertiary/aromatic N) is 7. The Morgan fingerprint density at radius 2 is 2.22 bits per heavy atom. The summed E-state index contributed by atoms with van der Waals surface area (Å²) in [5.74, 6) is -2.21. The van der Waals surface area contributed by atoms with Gasteiger partial charge in [-0.05, 0) is 11.6 Å². The van der Waals surface area contributed by atoms with Crippen LogP contribution in [0.25, 0.3) is 5.78 Å². The molecule has 3 atom stereocenters. The number of hydrogen-bond acceptors (Lipinski definition) is 13. The van der Waals surface area contributed by atoms with E-state index in [9.17, 15) is 19.5 Å². The minimum absolute atomic E-state index is 0.131. The number of amides is 2. The minimum atomic E-state index is -1.31. The number of aliphatic carboxylic acids is 1. The molecule has 0 spiro atoms. The number of β-lactam (4-membered cyclic amide) rings is 1. The Hall–Kier alpha value is -3.41. The fourth-order valence-electron chi connectivity index (χ4n) is 3.93. The summed E-state index contributed by atoms with van der Waals surface area (Å²) in [5, 5.41) is 20.9. The van der Waals surface area contributed by atoms with Gasteiger partial charge in [-0.2, -0.15) is 32.2 Å². The van der Waals surface area contributed by atoms with Crippen molar-refractivity contribution in [1.82, 2.24) is 34.8 Å². The van der Waals surface area contributed by atoms with Crippen molar-refractivity contribution in [1.29, 1.82) is 0 Å². The number of thiazole rings is 1. The van der Waals surface area contributed by atoms with Crippen molar-refractivity contribution in [2.45, 2.75) is 16.7 Å². The summed E-state index contributed by atoms with van der Waals surface area (Å²) in [4.78, 5) is 56.3. The van der Waals surface area contributed by atoms with Crippen LogP contribution in [0.1, 0.15) is 16.6 Å². The first kappa shape index (κ1) is 25.2. The molecule has 37 heavy (non-hydrogen) atoms. The lowest BCUT2D eigenvalue weighted by Gasteiger charge is -2.49. The number of thiol groups is 1. The molecule has 4 N–H and O–H groups in total. The molecule has 0 saturated carbocycles. The Bertz CT molecular complexity index is 1510. The number of carbonyl (C=O) groups is 3. The highest BCUT2D eigenvalue weighted by Crippen LogP contribution is 2.45. The first-order chi connectivity index (χ1) is 17.7. The van der Waals surface area contributed by atoms with Gasteiger partial charge in [0, 0.05) is 11.1 Å². The van der Waals surface area contributed by atoms with Gasteiger partial charge in [-0.3, -0.25) is 14.5 Å². The predicted molar refractivity (Wildman–Crippen MR) is 137 cm³/mol. The van der Waals surface area contributed by atoms with Crippen LogP contribution in [0, 0.1) is 0 Å². The van der Waals surface area contributed by atoms with Gasteiger partial charge in [-0.15, -0.1) is 23.1 Å². The average Bonchev–Trinajstić information content (AvgIpc) is 3.52. The SMILES string of the molecule is CON=C(C(=O)N[C@@H]1C(=O)N2C(C(=O)O)=C(C(S)c3cc(Cl)nc4ncnn34)CS[C@H]12)c1csc(N)n1.